The fourth-order valence-electron chi connectivity index (χ4n) is 2.62. The molecule has 0 radical (unpaired) electrons. The molecule has 0 aromatic heterocycles. The molecule has 0 atom stereocenters. The van der Waals surface area contributed by atoms with Gasteiger partial charge in [-0.05, 0) is 23.8 Å². The summed E-state index contributed by atoms with van der Waals surface area (Å²) in [5, 5.41) is 19.7. The summed E-state index contributed by atoms with van der Waals surface area (Å²) in [5.41, 5.74) is 1.86. The zero-order valence-corrected chi connectivity index (χ0v) is 13.5. The van der Waals surface area contributed by atoms with Crippen LogP contribution in [0.2, 0.25) is 0 Å². The molecule has 0 aliphatic carbocycles. The highest BCUT2D eigenvalue weighted by atomic mass is 16.6. The number of benzene rings is 2. The number of carboxylic acids is 1. The zero-order chi connectivity index (χ0) is 18.7. The molecule has 1 N–H and O–H groups in total. The van der Waals surface area contributed by atoms with E-state index in [2.05, 4.69) is 0 Å². The average Bonchev–Trinajstić information content (AvgIpc) is 2.60. The lowest BCUT2D eigenvalue weighted by molar-refractivity contribution is -0.384. The second kappa shape index (κ2) is 7.06. The van der Waals surface area contributed by atoms with Crippen molar-refractivity contribution >= 4 is 35.5 Å². The van der Waals surface area contributed by atoms with Crippen LogP contribution < -0.4 is 9.64 Å². The van der Waals surface area contributed by atoms with Crippen LogP contribution in [0.15, 0.2) is 42.5 Å². The number of hydrogen-bond donors (Lipinski definition) is 1. The van der Waals surface area contributed by atoms with E-state index in [-0.39, 0.29) is 18.8 Å². The lowest BCUT2D eigenvalue weighted by Crippen LogP contribution is -2.40. The molecule has 1 heterocycles. The van der Waals surface area contributed by atoms with Gasteiger partial charge in [-0.2, -0.15) is 0 Å². The maximum absolute atomic E-state index is 11.8. The van der Waals surface area contributed by atoms with Gasteiger partial charge in [-0.15, -0.1) is 0 Å². The highest BCUT2D eigenvalue weighted by Crippen LogP contribution is 2.36. The van der Waals surface area contributed by atoms with E-state index in [1.54, 1.807) is 42.5 Å². The third-order valence-electron chi connectivity index (χ3n) is 3.79. The van der Waals surface area contributed by atoms with Crippen LogP contribution in [0.4, 0.5) is 11.4 Å². The van der Waals surface area contributed by atoms with Gasteiger partial charge in [0, 0.05) is 17.7 Å². The third kappa shape index (κ3) is 3.69. The third-order valence-corrected chi connectivity index (χ3v) is 3.79. The summed E-state index contributed by atoms with van der Waals surface area (Å²) in [6.07, 6.45) is 3.43. The number of hydrogen-bond acceptors (Lipinski definition) is 6. The quantitative estimate of drug-likeness (QED) is 0.289. The second-order valence-corrected chi connectivity index (χ2v) is 5.60. The first-order chi connectivity index (χ1) is 12.4. The van der Waals surface area contributed by atoms with Crippen molar-refractivity contribution in [3.8, 4) is 5.75 Å². The van der Waals surface area contributed by atoms with E-state index in [0.717, 1.165) is 5.56 Å². The van der Waals surface area contributed by atoms with Gasteiger partial charge in [0.05, 0.1) is 10.6 Å². The molecule has 0 amide bonds. The molecule has 1 aliphatic rings. The number of para-hydroxylation sites is 1. The van der Waals surface area contributed by atoms with E-state index in [1.807, 2.05) is 0 Å². The van der Waals surface area contributed by atoms with Crippen LogP contribution in [0.1, 0.15) is 11.1 Å². The molecule has 8 heteroatoms. The summed E-state index contributed by atoms with van der Waals surface area (Å²) in [6, 6.07) is 11.2. The summed E-state index contributed by atoms with van der Waals surface area (Å²) >= 11 is 0. The molecular weight excluding hydrogens is 340 g/mol. The Kier molecular flexibility index (Phi) is 4.66. The fourth-order valence-corrected chi connectivity index (χ4v) is 2.62. The summed E-state index contributed by atoms with van der Waals surface area (Å²) in [6.45, 7) is -0.438. The standard InChI is InChI=1S/C18H14N2O6/c21-16(22)10-19-11-17(23)26-18-13(2-1-3-15(18)19)7-4-12-5-8-14(9-6-12)20(24)25/h1-9H,10-11H2,(H,21,22)/b7-4+. The average molecular weight is 354 g/mol. The predicted octanol–water partition coefficient (Wildman–Crippen LogP) is 2.58. The topological polar surface area (TPSA) is 110 Å². The minimum absolute atomic E-state index is 0.00233. The number of nitrogens with zero attached hydrogens (tertiary/aromatic N) is 2. The Morgan fingerprint density at radius 2 is 1.96 bits per heavy atom. The SMILES string of the molecule is O=C(O)CN1CC(=O)Oc2c(/C=C/c3ccc([N+](=O)[O-])cc3)cccc21. The largest absolute Gasteiger partial charge is 0.480 e. The van der Waals surface area contributed by atoms with Crippen molar-refractivity contribution in [2.45, 2.75) is 0 Å². The number of carboxylic acid groups (broad SMARTS) is 1. The highest BCUT2D eigenvalue weighted by Gasteiger charge is 2.26. The molecule has 2 aromatic carbocycles. The van der Waals surface area contributed by atoms with Crippen molar-refractivity contribution in [2.75, 3.05) is 18.0 Å². The van der Waals surface area contributed by atoms with Crippen LogP contribution in [-0.2, 0) is 9.59 Å². The molecule has 1 aliphatic heterocycles. The van der Waals surface area contributed by atoms with E-state index in [1.165, 1.54) is 17.0 Å². The number of aliphatic carboxylic acids is 1. The second-order valence-electron chi connectivity index (χ2n) is 5.60. The van der Waals surface area contributed by atoms with E-state index in [0.29, 0.717) is 17.0 Å². The number of anilines is 1. The Morgan fingerprint density at radius 3 is 2.62 bits per heavy atom. The Morgan fingerprint density at radius 1 is 1.23 bits per heavy atom. The number of non-ortho nitro benzene ring substituents is 1. The van der Waals surface area contributed by atoms with Gasteiger partial charge in [-0.1, -0.05) is 24.3 Å². The molecule has 2 aromatic rings. The molecule has 0 unspecified atom stereocenters. The van der Waals surface area contributed by atoms with E-state index < -0.39 is 16.9 Å². The van der Waals surface area contributed by atoms with Gasteiger partial charge in [-0.3, -0.25) is 14.9 Å². The number of nitro benzene ring substituents is 1. The predicted molar refractivity (Wildman–Crippen MR) is 94.0 cm³/mol. The van der Waals surface area contributed by atoms with Gasteiger partial charge in [0.15, 0.2) is 5.75 Å². The number of rotatable bonds is 5. The maximum atomic E-state index is 11.8. The van der Waals surface area contributed by atoms with Crippen molar-refractivity contribution in [1.29, 1.82) is 0 Å². The van der Waals surface area contributed by atoms with Crippen molar-refractivity contribution in [2.24, 2.45) is 0 Å². The Bertz CT molecular complexity index is 904. The Hall–Kier alpha value is -3.68. The fraction of sp³-hybridized carbons (Fsp3) is 0.111. The Balaban J connectivity index is 1.90. The molecule has 8 nitrogen and oxygen atoms in total. The minimum atomic E-state index is -1.04. The smallest absolute Gasteiger partial charge is 0.331 e. The van der Waals surface area contributed by atoms with Crippen molar-refractivity contribution < 1.29 is 24.4 Å². The monoisotopic (exact) mass is 354 g/mol. The van der Waals surface area contributed by atoms with Gasteiger partial charge >= 0.3 is 11.9 Å². The van der Waals surface area contributed by atoms with Crippen molar-refractivity contribution in [3.63, 3.8) is 0 Å². The minimum Gasteiger partial charge on any atom is -0.480 e. The van der Waals surface area contributed by atoms with Crippen LogP contribution >= 0.6 is 0 Å². The van der Waals surface area contributed by atoms with Crippen LogP contribution in [0.5, 0.6) is 5.75 Å². The molecule has 0 bridgehead atoms. The van der Waals surface area contributed by atoms with E-state index >= 15 is 0 Å². The summed E-state index contributed by atoms with van der Waals surface area (Å²) in [4.78, 5) is 34.4. The summed E-state index contributed by atoms with van der Waals surface area (Å²) in [7, 11) is 0. The number of nitro groups is 1. The molecule has 3 rings (SSSR count). The first kappa shape index (κ1) is 17.2. The molecule has 132 valence electrons. The van der Waals surface area contributed by atoms with Crippen molar-refractivity contribution in [1.82, 2.24) is 0 Å². The first-order valence-corrected chi connectivity index (χ1v) is 7.67. The maximum Gasteiger partial charge on any atom is 0.331 e. The van der Waals surface area contributed by atoms with Crippen LogP contribution in [-0.4, -0.2) is 35.1 Å². The normalized spacial score (nSPS) is 13.4. The molecule has 0 spiro atoms. The van der Waals surface area contributed by atoms with Gasteiger partial charge in [0.1, 0.15) is 13.1 Å². The highest BCUT2D eigenvalue weighted by molar-refractivity contribution is 5.90. The lowest BCUT2D eigenvalue weighted by Gasteiger charge is -2.29. The van der Waals surface area contributed by atoms with Gasteiger partial charge in [-0.25, -0.2) is 4.79 Å². The first-order valence-electron chi connectivity index (χ1n) is 7.67. The van der Waals surface area contributed by atoms with Crippen LogP contribution in [0, 0.1) is 10.1 Å². The number of esters is 1. The van der Waals surface area contributed by atoms with Crippen LogP contribution in [0.3, 0.4) is 0 Å². The number of carbonyl (C=O) groups is 2. The van der Waals surface area contributed by atoms with E-state index in [4.69, 9.17) is 9.84 Å². The summed E-state index contributed by atoms with van der Waals surface area (Å²) < 4.78 is 5.30. The zero-order valence-electron chi connectivity index (χ0n) is 13.5. The number of ether oxygens (including phenoxy) is 1. The lowest BCUT2D eigenvalue weighted by atomic mass is 10.1. The molecule has 0 fully saturated rings. The molecular formula is C18H14N2O6. The van der Waals surface area contributed by atoms with Gasteiger partial charge < -0.3 is 14.7 Å². The Labute approximate surface area is 148 Å². The molecule has 26 heavy (non-hydrogen) atoms. The summed E-state index contributed by atoms with van der Waals surface area (Å²) in [5.74, 6) is -1.28. The van der Waals surface area contributed by atoms with Crippen molar-refractivity contribution in [3.05, 3.63) is 63.7 Å². The number of carbonyl (C=O) groups excluding carboxylic acids is 1. The van der Waals surface area contributed by atoms with Gasteiger partial charge in [0.25, 0.3) is 5.69 Å². The van der Waals surface area contributed by atoms with Gasteiger partial charge in [0.2, 0.25) is 0 Å². The van der Waals surface area contributed by atoms with Crippen LogP contribution in [0.25, 0.3) is 12.2 Å². The van der Waals surface area contributed by atoms with E-state index in [9.17, 15) is 19.7 Å². The molecule has 0 saturated carbocycles. The molecule has 0 saturated heterocycles. The number of fused-ring (bicyclic) bond motifs is 1.